The Morgan fingerprint density at radius 2 is 1.79 bits per heavy atom. The summed E-state index contributed by atoms with van der Waals surface area (Å²) in [5.74, 6) is 0.382. The number of anilines is 1. The van der Waals surface area contributed by atoms with Gasteiger partial charge < -0.3 is 5.32 Å². The molecule has 1 amide bonds. The van der Waals surface area contributed by atoms with Crippen LogP contribution in [0.4, 0.5) is 5.69 Å². The number of nitrogens with one attached hydrogen (secondary N) is 1. The normalized spacial score (nSPS) is 11.0. The molecule has 1 aromatic carbocycles. The zero-order valence-electron chi connectivity index (χ0n) is 16.1. The molecule has 0 saturated carbocycles. The van der Waals surface area contributed by atoms with Crippen molar-refractivity contribution in [3.05, 3.63) is 56.5 Å². The van der Waals surface area contributed by atoms with Crippen LogP contribution in [0.25, 0.3) is 11.0 Å². The maximum atomic E-state index is 12.6. The van der Waals surface area contributed by atoms with Crippen LogP contribution in [0.2, 0.25) is 0 Å². The van der Waals surface area contributed by atoms with Gasteiger partial charge in [-0.1, -0.05) is 36.4 Å². The van der Waals surface area contributed by atoms with Crippen molar-refractivity contribution < 1.29 is 4.79 Å². The zero-order chi connectivity index (χ0) is 20.4. The number of aryl methyl sites for hydroxylation is 3. The Labute approximate surface area is 165 Å². The molecule has 0 aliphatic carbocycles. The van der Waals surface area contributed by atoms with Crippen molar-refractivity contribution in [2.24, 2.45) is 14.1 Å². The minimum absolute atomic E-state index is 0.0785. The van der Waals surface area contributed by atoms with Gasteiger partial charge in [0, 0.05) is 26.2 Å². The number of thioether (sulfide) groups is 1. The SMILES string of the molecule is CCc1nc(SCC(=O)Nc2ccc(C)cc2)c2c(=O)n(C)c(=O)n(C)c2n1. The fraction of sp³-hybridized carbons (Fsp3) is 0.316. The second-order valence-corrected chi connectivity index (χ2v) is 7.37. The van der Waals surface area contributed by atoms with Gasteiger partial charge in [0.2, 0.25) is 5.91 Å². The minimum atomic E-state index is -0.470. The average Bonchev–Trinajstić information content (AvgIpc) is 2.70. The van der Waals surface area contributed by atoms with Gasteiger partial charge in [-0.15, -0.1) is 0 Å². The third-order valence-corrected chi connectivity index (χ3v) is 5.28. The molecular formula is C19H21N5O3S. The molecule has 0 aliphatic heterocycles. The van der Waals surface area contributed by atoms with E-state index in [1.807, 2.05) is 38.1 Å². The molecule has 0 radical (unpaired) electrons. The van der Waals surface area contributed by atoms with Gasteiger partial charge in [-0.2, -0.15) is 0 Å². The van der Waals surface area contributed by atoms with Crippen LogP contribution < -0.4 is 16.6 Å². The van der Waals surface area contributed by atoms with Crippen LogP contribution in [-0.4, -0.2) is 30.8 Å². The van der Waals surface area contributed by atoms with Crippen LogP contribution in [-0.2, 0) is 25.3 Å². The monoisotopic (exact) mass is 399 g/mol. The van der Waals surface area contributed by atoms with Crippen molar-refractivity contribution in [2.75, 3.05) is 11.1 Å². The van der Waals surface area contributed by atoms with Gasteiger partial charge in [0.15, 0.2) is 5.65 Å². The van der Waals surface area contributed by atoms with Gasteiger partial charge >= 0.3 is 5.69 Å². The van der Waals surface area contributed by atoms with E-state index >= 15 is 0 Å². The van der Waals surface area contributed by atoms with Crippen LogP contribution in [0.3, 0.4) is 0 Å². The van der Waals surface area contributed by atoms with Crippen molar-refractivity contribution in [1.29, 1.82) is 0 Å². The van der Waals surface area contributed by atoms with E-state index in [2.05, 4.69) is 15.3 Å². The van der Waals surface area contributed by atoms with E-state index < -0.39 is 11.2 Å². The predicted molar refractivity (Wildman–Crippen MR) is 110 cm³/mol. The lowest BCUT2D eigenvalue weighted by Crippen LogP contribution is -2.37. The number of benzene rings is 1. The molecule has 8 nitrogen and oxygen atoms in total. The summed E-state index contributed by atoms with van der Waals surface area (Å²) in [6.45, 7) is 3.86. The first kappa shape index (κ1) is 19.8. The van der Waals surface area contributed by atoms with Crippen LogP contribution in [0.5, 0.6) is 0 Å². The Morgan fingerprint density at radius 3 is 2.43 bits per heavy atom. The molecular weight excluding hydrogens is 378 g/mol. The molecule has 28 heavy (non-hydrogen) atoms. The van der Waals surface area contributed by atoms with E-state index in [4.69, 9.17) is 0 Å². The molecule has 0 saturated heterocycles. The van der Waals surface area contributed by atoms with E-state index in [0.717, 1.165) is 21.9 Å². The van der Waals surface area contributed by atoms with Crippen LogP contribution >= 0.6 is 11.8 Å². The van der Waals surface area contributed by atoms with Gasteiger partial charge in [0.25, 0.3) is 5.56 Å². The summed E-state index contributed by atoms with van der Waals surface area (Å²) in [5, 5.41) is 3.47. The Kier molecular flexibility index (Phi) is 5.64. The number of hydrogen-bond donors (Lipinski definition) is 1. The van der Waals surface area contributed by atoms with E-state index in [0.29, 0.717) is 23.0 Å². The van der Waals surface area contributed by atoms with Gasteiger partial charge in [-0.3, -0.25) is 18.7 Å². The number of aromatic nitrogens is 4. The molecule has 0 unspecified atom stereocenters. The highest BCUT2D eigenvalue weighted by Gasteiger charge is 2.18. The fourth-order valence-electron chi connectivity index (χ4n) is 2.70. The topological polar surface area (TPSA) is 98.9 Å². The molecule has 0 spiro atoms. The van der Waals surface area contributed by atoms with E-state index in [9.17, 15) is 14.4 Å². The van der Waals surface area contributed by atoms with Gasteiger partial charge in [0.1, 0.15) is 16.2 Å². The molecule has 0 fully saturated rings. The number of fused-ring (bicyclic) bond motifs is 1. The smallest absolute Gasteiger partial charge is 0.325 e. The lowest BCUT2D eigenvalue weighted by atomic mass is 10.2. The number of rotatable bonds is 5. The summed E-state index contributed by atoms with van der Waals surface area (Å²) >= 11 is 1.16. The lowest BCUT2D eigenvalue weighted by molar-refractivity contribution is -0.113. The summed E-state index contributed by atoms with van der Waals surface area (Å²) in [4.78, 5) is 45.9. The molecule has 1 N–H and O–H groups in total. The molecule has 2 aromatic heterocycles. The Morgan fingerprint density at radius 1 is 1.11 bits per heavy atom. The summed E-state index contributed by atoms with van der Waals surface area (Å²) in [5.41, 5.74) is 1.17. The Hall–Kier alpha value is -2.94. The minimum Gasteiger partial charge on any atom is -0.325 e. The molecule has 9 heteroatoms. The molecule has 2 heterocycles. The Balaban J connectivity index is 1.94. The fourth-order valence-corrected chi connectivity index (χ4v) is 3.54. The second-order valence-electron chi connectivity index (χ2n) is 6.41. The molecule has 0 atom stereocenters. The third-order valence-electron chi connectivity index (χ3n) is 4.30. The summed E-state index contributed by atoms with van der Waals surface area (Å²) in [7, 11) is 2.98. The summed E-state index contributed by atoms with van der Waals surface area (Å²) < 4.78 is 2.35. The number of amides is 1. The van der Waals surface area contributed by atoms with Crippen molar-refractivity contribution in [1.82, 2.24) is 19.1 Å². The highest BCUT2D eigenvalue weighted by Crippen LogP contribution is 2.22. The average molecular weight is 399 g/mol. The maximum absolute atomic E-state index is 12.6. The number of carbonyl (C=O) groups is 1. The first-order valence-electron chi connectivity index (χ1n) is 8.77. The van der Waals surface area contributed by atoms with Crippen molar-refractivity contribution >= 4 is 34.4 Å². The molecule has 146 valence electrons. The van der Waals surface area contributed by atoms with Gasteiger partial charge in [-0.25, -0.2) is 14.8 Å². The Bertz CT molecular complexity index is 1170. The number of nitrogens with zero attached hydrogens (tertiary/aromatic N) is 4. The standard InChI is InChI=1S/C19H21N5O3S/c1-5-13-21-16-15(18(26)24(4)19(27)23(16)3)17(22-13)28-10-14(25)20-12-8-6-11(2)7-9-12/h6-9H,5,10H2,1-4H3,(H,20,25). The molecule has 3 rings (SSSR count). The predicted octanol–water partition coefficient (Wildman–Crippen LogP) is 1.63. The van der Waals surface area contributed by atoms with Crippen molar-refractivity contribution in [3.63, 3.8) is 0 Å². The van der Waals surface area contributed by atoms with Crippen LogP contribution in [0.15, 0.2) is 38.9 Å². The van der Waals surface area contributed by atoms with Crippen molar-refractivity contribution in [3.8, 4) is 0 Å². The van der Waals surface area contributed by atoms with E-state index in [1.54, 1.807) is 7.05 Å². The van der Waals surface area contributed by atoms with E-state index in [1.165, 1.54) is 11.6 Å². The van der Waals surface area contributed by atoms with Gasteiger partial charge in [0.05, 0.1) is 5.75 Å². The van der Waals surface area contributed by atoms with Crippen LogP contribution in [0.1, 0.15) is 18.3 Å². The van der Waals surface area contributed by atoms with Crippen LogP contribution in [0, 0.1) is 6.92 Å². The first-order valence-corrected chi connectivity index (χ1v) is 9.76. The van der Waals surface area contributed by atoms with Gasteiger partial charge in [-0.05, 0) is 19.1 Å². The summed E-state index contributed by atoms with van der Waals surface area (Å²) in [6, 6.07) is 7.49. The second kappa shape index (κ2) is 7.97. The third kappa shape index (κ3) is 3.84. The quantitative estimate of drug-likeness (QED) is 0.517. The zero-order valence-corrected chi connectivity index (χ0v) is 17.0. The largest absolute Gasteiger partial charge is 0.332 e. The molecule has 0 bridgehead atoms. The maximum Gasteiger partial charge on any atom is 0.332 e. The number of carbonyl (C=O) groups excluding carboxylic acids is 1. The number of hydrogen-bond acceptors (Lipinski definition) is 6. The molecule has 3 aromatic rings. The molecule has 0 aliphatic rings. The highest BCUT2D eigenvalue weighted by atomic mass is 32.2. The first-order chi connectivity index (χ1) is 13.3. The highest BCUT2D eigenvalue weighted by molar-refractivity contribution is 8.00. The lowest BCUT2D eigenvalue weighted by Gasteiger charge is -2.11. The van der Waals surface area contributed by atoms with Crippen molar-refractivity contribution in [2.45, 2.75) is 25.3 Å². The van der Waals surface area contributed by atoms with E-state index in [-0.39, 0.29) is 22.7 Å². The summed E-state index contributed by atoms with van der Waals surface area (Å²) in [6.07, 6.45) is 0.544.